The van der Waals surface area contributed by atoms with Gasteiger partial charge in [0.15, 0.2) is 0 Å². The summed E-state index contributed by atoms with van der Waals surface area (Å²) in [6.07, 6.45) is 7.70. The molecule has 3 aromatic rings. The Kier molecular flexibility index (Phi) is 7.12. The number of aliphatic imine (C=N–C) groups is 1. The number of benzene rings is 2. The molecule has 2 aromatic carbocycles. The van der Waals surface area contributed by atoms with E-state index in [2.05, 4.69) is 48.4 Å². The van der Waals surface area contributed by atoms with Crippen LogP contribution < -0.4 is 5.32 Å². The molecule has 1 saturated carbocycles. The van der Waals surface area contributed by atoms with Crippen molar-refractivity contribution in [3.8, 4) is 0 Å². The number of rotatable bonds is 8. The Hall–Kier alpha value is -3.31. The molecule has 3 aliphatic heterocycles. The van der Waals surface area contributed by atoms with E-state index in [1.807, 2.05) is 36.4 Å². The van der Waals surface area contributed by atoms with Gasteiger partial charge in [-0.15, -0.1) is 0 Å². The van der Waals surface area contributed by atoms with Crippen LogP contribution in [0, 0.1) is 23.7 Å². The van der Waals surface area contributed by atoms with E-state index in [0.29, 0.717) is 17.4 Å². The molecule has 4 aliphatic rings. The maximum absolute atomic E-state index is 13.3. The summed E-state index contributed by atoms with van der Waals surface area (Å²) < 4.78 is 5.89. The highest BCUT2D eigenvalue weighted by Gasteiger charge is 2.34. The second-order valence-corrected chi connectivity index (χ2v) is 11.7. The highest BCUT2D eigenvalue weighted by molar-refractivity contribution is 6.22. The third-order valence-corrected chi connectivity index (χ3v) is 8.46. The maximum Gasteiger partial charge on any atom is 0.251 e. The first-order valence-corrected chi connectivity index (χ1v) is 14.2. The van der Waals surface area contributed by atoms with Crippen molar-refractivity contribution >= 4 is 17.3 Å². The minimum atomic E-state index is -0.120. The number of hydrogen-bond donors (Lipinski definition) is 1. The summed E-state index contributed by atoms with van der Waals surface area (Å²) in [5.74, 6) is 2.54. The third kappa shape index (κ3) is 5.30. The summed E-state index contributed by atoms with van der Waals surface area (Å²) in [5.41, 5.74) is 7.00. The molecule has 5 heteroatoms. The SMILES string of the molecule is CC(C)CC(NC(=O)c1ccc2c(c1)C(c1ccc(CC3CC4CCC3COC4)cc1)=N2)c1ccccn1. The Bertz CT molecular complexity index is 1310. The minimum Gasteiger partial charge on any atom is -0.381 e. The van der Waals surface area contributed by atoms with Gasteiger partial charge < -0.3 is 10.1 Å². The topological polar surface area (TPSA) is 63.6 Å². The van der Waals surface area contributed by atoms with Crippen molar-refractivity contribution in [1.82, 2.24) is 10.3 Å². The van der Waals surface area contributed by atoms with Gasteiger partial charge in [-0.3, -0.25) is 9.78 Å². The molecule has 0 spiro atoms. The van der Waals surface area contributed by atoms with Gasteiger partial charge in [-0.05, 0) is 91.7 Å². The third-order valence-electron chi connectivity index (χ3n) is 8.46. The van der Waals surface area contributed by atoms with Crippen molar-refractivity contribution in [3.05, 3.63) is 94.8 Å². The lowest BCUT2D eigenvalue weighted by molar-refractivity contribution is 0.0931. The van der Waals surface area contributed by atoms with Crippen LogP contribution in [0.25, 0.3) is 0 Å². The zero-order chi connectivity index (χ0) is 26.1. The summed E-state index contributed by atoms with van der Waals surface area (Å²) >= 11 is 0. The standard InChI is InChI=1S/C33H37N3O2/c1-21(2)15-31(30-5-3-4-14-34-30)36-33(37)25-12-13-29-28(18-25)32(35-29)24-9-6-22(7-10-24)16-27-17-23-8-11-26(27)20-38-19-23/h3-7,9-10,12-14,18,21,23,26-27,31H,8,11,15-17,19-20H2,1-2H3,(H,36,37). The fourth-order valence-electron chi connectivity index (χ4n) is 6.39. The van der Waals surface area contributed by atoms with E-state index in [-0.39, 0.29) is 11.9 Å². The van der Waals surface area contributed by atoms with Gasteiger partial charge in [-0.25, -0.2) is 4.99 Å². The lowest BCUT2D eigenvalue weighted by Gasteiger charge is -2.31. The number of amides is 1. The van der Waals surface area contributed by atoms with E-state index in [9.17, 15) is 4.79 Å². The number of aromatic nitrogens is 1. The lowest BCUT2D eigenvalue weighted by atomic mass is 9.73. The monoisotopic (exact) mass is 507 g/mol. The van der Waals surface area contributed by atoms with Crippen LogP contribution in [0.4, 0.5) is 5.69 Å². The molecular weight excluding hydrogens is 470 g/mol. The molecule has 1 amide bonds. The van der Waals surface area contributed by atoms with E-state index in [4.69, 9.17) is 9.73 Å². The normalized spacial score (nSPS) is 22.7. The van der Waals surface area contributed by atoms with Gasteiger partial charge in [0.05, 0.1) is 23.1 Å². The Labute approximate surface area is 225 Å². The number of fused-ring (bicyclic) bond motifs is 5. The molecule has 1 aromatic heterocycles. The maximum atomic E-state index is 13.3. The average molecular weight is 508 g/mol. The van der Waals surface area contributed by atoms with E-state index >= 15 is 0 Å². The molecule has 4 heterocycles. The highest BCUT2D eigenvalue weighted by Crippen LogP contribution is 2.39. The van der Waals surface area contributed by atoms with Gasteiger partial charge in [-0.1, -0.05) is 44.2 Å². The van der Waals surface area contributed by atoms with Crippen LogP contribution >= 0.6 is 0 Å². The second kappa shape index (κ2) is 10.8. The fourth-order valence-corrected chi connectivity index (χ4v) is 6.39. The number of carbonyl (C=O) groups is 1. The van der Waals surface area contributed by atoms with Crippen LogP contribution in [-0.2, 0) is 11.2 Å². The number of pyridine rings is 1. The molecule has 1 aliphatic carbocycles. The van der Waals surface area contributed by atoms with Gasteiger partial charge in [0.25, 0.3) is 5.91 Å². The molecule has 0 radical (unpaired) electrons. The van der Waals surface area contributed by atoms with Gasteiger partial charge in [0, 0.05) is 36.1 Å². The van der Waals surface area contributed by atoms with E-state index < -0.39 is 0 Å². The average Bonchev–Trinajstić information content (AvgIpc) is 3.26. The number of nitrogens with one attached hydrogen (secondary N) is 1. The Balaban J connectivity index is 1.13. The molecule has 5 nitrogen and oxygen atoms in total. The van der Waals surface area contributed by atoms with Crippen LogP contribution in [0.3, 0.4) is 0 Å². The molecule has 38 heavy (non-hydrogen) atoms. The number of nitrogens with zero attached hydrogens (tertiary/aromatic N) is 2. The first-order chi connectivity index (χ1) is 18.5. The molecule has 7 rings (SSSR count). The van der Waals surface area contributed by atoms with Crippen molar-refractivity contribution in [2.75, 3.05) is 13.2 Å². The van der Waals surface area contributed by atoms with Gasteiger partial charge in [0.2, 0.25) is 0 Å². The summed E-state index contributed by atoms with van der Waals surface area (Å²) in [4.78, 5) is 22.5. The summed E-state index contributed by atoms with van der Waals surface area (Å²) in [7, 11) is 0. The zero-order valence-corrected chi connectivity index (χ0v) is 22.4. The van der Waals surface area contributed by atoms with Crippen molar-refractivity contribution in [2.45, 2.75) is 52.0 Å². The van der Waals surface area contributed by atoms with Crippen molar-refractivity contribution in [2.24, 2.45) is 28.7 Å². The summed E-state index contributed by atoms with van der Waals surface area (Å²) in [6.45, 7) is 6.21. The first kappa shape index (κ1) is 25.0. The fraction of sp³-hybridized carbons (Fsp3) is 0.424. The molecule has 1 N–H and O–H groups in total. The smallest absolute Gasteiger partial charge is 0.251 e. The van der Waals surface area contributed by atoms with Crippen LogP contribution in [0.15, 0.2) is 71.9 Å². The highest BCUT2D eigenvalue weighted by atomic mass is 16.5. The number of hydrogen-bond acceptors (Lipinski definition) is 4. The second-order valence-electron chi connectivity index (χ2n) is 11.7. The van der Waals surface area contributed by atoms with Crippen LogP contribution in [0.5, 0.6) is 0 Å². The van der Waals surface area contributed by atoms with Crippen molar-refractivity contribution in [1.29, 1.82) is 0 Å². The van der Waals surface area contributed by atoms with Gasteiger partial charge in [0.1, 0.15) is 0 Å². The molecule has 2 bridgehead atoms. The summed E-state index contributed by atoms with van der Waals surface area (Å²) in [6, 6.07) is 20.4. The van der Waals surface area contributed by atoms with E-state index in [1.54, 1.807) is 6.20 Å². The molecular formula is C33H37N3O2. The molecule has 196 valence electrons. The largest absolute Gasteiger partial charge is 0.381 e. The van der Waals surface area contributed by atoms with Crippen molar-refractivity contribution in [3.63, 3.8) is 0 Å². The molecule has 3 fully saturated rings. The van der Waals surface area contributed by atoms with Gasteiger partial charge in [-0.2, -0.15) is 0 Å². The quantitative estimate of drug-likeness (QED) is 0.289. The summed E-state index contributed by atoms with van der Waals surface area (Å²) in [5, 5.41) is 3.22. The van der Waals surface area contributed by atoms with E-state index in [1.165, 1.54) is 24.8 Å². The van der Waals surface area contributed by atoms with Gasteiger partial charge >= 0.3 is 0 Å². The number of carbonyl (C=O) groups excluding carboxylic acids is 1. The predicted octanol–water partition coefficient (Wildman–Crippen LogP) is 6.69. The number of ether oxygens (including phenoxy) is 1. The Morgan fingerprint density at radius 2 is 1.92 bits per heavy atom. The van der Waals surface area contributed by atoms with Crippen LogP contribution in [-0.4, -0.2) is 29.8 Å². The zero-order valence-electron chi connectivity index (χ0n) is 22.4. The molecule has 4 atom stereocenters. The van der Waals surface area contributed by atoms with E-state index in [0.717, 1.165) is 66.1 Å². The first-order valence-electron chi connectivity index (χ1n) is 14.2. The predicted molar refractivity (Wildman–Crippen MR) is 151 cm³/mol. The minimum absolute atomic E-state index is 0.0765. The Morgan fingerprint density at radius 3 is 2.71 bits per heavy atom. The molecule has 4 unspecified atom stereocenters. The van der Waals surface area contributed by atoms with Crippen molar-refractivity contribution < 1.29 is 9.53 Å². The van der Waals surface area contributed by atoms with Crippen LogP contribution in [0.2, 0.25) is 0 Å². The van der Waals surface area contributed by atoms with Crippen LogP contribution in [0.1, 0.15) is 78.3 Å². The molecule has 2 saturated heterocycles. The lowest BCUT2D eigenvalue weighted by Crippen LogP contribution is -2.30. The Morgan fingerprint density at radius 1 is 1.05 bits per heavy atom.